The van der Waals surface area contributed by atoms with E-state index in [0.717, 1.165) is 0 Å². The van der Waals surface area contributed by atoms with E-state index in [0.29, 0.717) is 0 Å². The highest BCUT2D eigenvalue weighted by Crippen LogP contribution is 2.17. The van der Waals surface area contributed by atoms with Crippen molar-refractivity contribution in [2.75, 3.05) is 0 Å². The maximum Gasteiger partial charge on any atom is 0.409 e. The molecule has 42 valence electrons. The summed E-state index contributed by atoms with van der Waals surface area (Å²) in [7, 11) is -3.91. The molecule has 0 aliphatic carbocycles. The Hall–Kier alpha value is -0.200. The summed E-state index contributed by atoms with van der Waals surface area (Å²) in [6.45, 7) is -2.08. The Bertz CT molecular complexity index is 147. The van der Waals surface area contributed by atoms with E-state index in [1.807, 2.05) is 0 Å². The second kappa shape index (κ2) is 1.15. The van der Waals surface area contributed by atoms with Crippen LogP contribution in [0.4, 0.5) is 4.39 Å². The molecule has 6 heteroatoms. The molecule has 0 aromatic rings. The molecule has 0 radical (unpaired) electrons. The molecule has 0 saturated carbocycles. The number of hydrogen-bond donors (Lipinski definition) is 0. The Kier molecular flexibility index (Phi) is 0.810. The van der Waals surface area contributed by atoms with Crippen LogP contribution in [0.25, 0.3) is 0 Å². The van der Waals surface area contributed by atoms with Crippen LogP contribution in [0.2, 0.25) is 0 Å². The van der Waals surface area contributed by atoms with E-state index in [-0.39, 0.29) is 0 Å². The van der Waals surface area contributed by atoms with E-state index in [1.54, 1.807) is 0 Å². The topological polar surface area (TPSA) is 52.6 Å². The zero-order valence-corrected chi connectivity index (χ0v) is 3.81. The fraction of sp³-hybridized carbons (Fsp3) is 1.00. The summed E-state index contributed by atoms with van der Waals surface area (Å²) in [6.07, 6.45) is 0. The molecule has 0 bridgehead atoms. The number of alkyl halides is 1. The van der Waals surface area contributed by atoms with Crippen molar-refractivity contribution in [3.05, 3.63) is 0 Å². The molecule has 0 N–H and O–H groups in total. The quantitative estimate of drug-likeness (QED) is 0.442. The van der Waals surface area contributed by atoms with Gasteiger partial charge in [-0.25, -0.2) is 0 Å². The molecule has 1 aliphatic heterocycles. The van der Waals surface area contributed by atoms with E-state index in [2.05, 4.69) is 8.37 Å². The summed E-state index contributed by atoms with van der Waals surface area (Å²) >= 11 is 0. The van der Waals surface area contributed by atoms with Gasteiger partial charge < -0.3 is 0 Å². The molecule has 1 rings (SSSR count). The third kappa shape index (κ3) is 0.872. The van der Waals surface area contributed by atoms with Gasteiger partial charge in [-0.2, -0.15) is 21.2 Å². The lowest BCUT2D eigenvalue weighted by Crippen LogP contribution is -2.32. The molecule has 4 nitrogen and oxygen atoms in total. The maximum atomic E-state index is 11.2. The predicted octanol–water partition coefficient (Wildman–Crippen LogP) is -0.469. The van der Waals surface area contributed by atoms with Gasteiger partial charge in [0.15, 0.2) is 0 Å². The number of hydrogen-bond acceptors (Lipinski definition) is 4. The average Bonchev–Trinajstić information content (AvgIpc) is 1.27. The van der Waals surface area contributed by atoms with Gasteiger partial charge in [-0.05, 0) is 0 Å². The number of halogens is 1. The number of rotatable bonds is 0. The van der Waals surface area contributed by atoms with Crippen molar-refractivity contribution in [1.29, 1.82) is 0 Å². The van der Waals surface area contributed by atoms with Gasteiger partial charge in [-0.1, -0.05) is 0 Å². The van der Waals surface area contributed by atoms with Crippen LogP contribution in [0.3, 0.4) is 0 Å². The summed E-state index contributed by atoms with van der Waals surface area (Å²) < 4.78 is 37.2. The van der Waals surface area contributed by atoms with Gasteiger partial charge in [-0.3, -0.25) is 0 Å². The van der Waals surface area contributed by atoms with Crippen LogP contribution in [-0.2, 0) is 18.8 Å². The normalized spacial score (nSPS) is 29.3. The van der Waals surface area contributed by atoms with Crippen LogP contribution >= 0.6 is 0 Å². The van der Waals surface area contributed by atoms with Crippen molar-refractivity contribution in [3.8, 4) is 0 Å². The predicted molar refractivity (Wildman–Crippen MR) is 16.0 cm³/mol. The maximum absolute atomic E-state index is 11.2. The van der Waals surface area contributed by atoms with Crippen molar-refractivity contribution in [2.24, 2.45) is 0 Å². The Morgan fingerprint density at radius 3 is 1.86 bits per heavy atom. The molecule has 1 heterocycles. The van der Waals surface area contributed by atoms with Crippen LogP contribution < -0.4 is 0 Å². The van der Waals surface area contributed by atoms with E-state index in [4.69, 9.17) is 0 Å². The van der Waals surface area contributed by atoms with Crippen LogP contribution in [0.15, 0.2) is 0 Å². The van der Waals surface area contributed by atoms with Crippen molar-refractivity contribution in [2.45, 2.75) is 6.54 Å². The van der Waals surface area contributed by atoms with Crippen molar-refractivity contribution >= 4 is 10.4 Å². The van der Waals surface area contributed by atoms with Crippen LogP contribution in [0.1, 0.15) is 0 Å². The zero-order valence-electron chi connectivity index (χ0n) is 3.00. The lowest BCUT2D eigenvalue weighted by molar-refractivity contribution is -0.167. The third-order valence-corrected chi connectivity index (χ3v) is 1.16. The molecule has 0 spiro atoms. The van der Waals surface area contributed by atoms with Gasteiger partial charge in [0.25, 0.3) is 0 Å². The van der Waals surface area contributed by atoms with E-state index in [1.165, 1.54) is 0 Å². The summed E-state index contributed by atoms with van der Waals surface area (Å²) in [4.78, 5) is 0. The van der Waals surface area contributed by atoms with Gasteiger partial charge in [0.05, 0.1) is 0 Å². The minimum atomic E-state index is -3.91. The fourth-order valence-corrected chi connectivity index (χ4v) is 0.578. The summed E-state index contributed by atoms with van der Waals surface area (Å²) in [5, 5.41) is 0. The van der Waals surface area contributed by atoms with Crippen molar-refractivity contribution < 1.29 is 21.2 Å². The van der Waals surface area contributed by atoms with Gasteiger partial charge in [0.2, 0.25) is 0 Å². The smallest absolute Gasteiger partial charge is 0.184 e. The molecular weight excluding hydrogens is 127 g/mol. The standard InChI is InChI=1S/CHFO4S/c2-1-5-7(3,4)6-1/h1H. The lowest BCUT2D eigenvalue weighted by atomic mass is 11.4. The third-order valence-electron chi connectivity index (χ3n) is 0.387. The van der Waals surface area contributed by atoms with Crippen LogP contribution in [0, 0.1) is 0 Å². The first-order valence-electron chi connectivity index (χ1n) is 1.36. The van der Waals surface area contributed by atoms with Crippen LogP contribution in [-0.4, -0.2) is 15.0 Å². The largest absolute Gasteiger partial charge is 0.409 e. The first-order chi connectivity index (χ1) is 3.10. The van der Waals surface area contributed by atoms with Crippen molar-refractivity contribution in [1.82, 2.24) is 0 Å². The lowest BCUT2D eigenvalue weighted by Gasteiger charge is -2.16. The molecule has 0 atom stereocenters. The highest BCUT2D eigenvalue weighted by Gasteiger charge is 2.35. The molecule has 1 aliphatic rings. The minimum Gasteiger partial charge on any atom is -0.184 e. The highest BCUT2D eigenvalue weighted by atomic mass is 32.3. The van der Waals surface area contributed by atoms with Gasteiger partial charge in [0, 0.05) is 0 Å². The average molecular weight is 128 g/mol. The van der Waals surface area contributed by atoms with Crippen LogP contribution in [0.5, 0.6) is 0 Å². The zero-order chi connectivity index (χ0) is 5.49. The second-order valence-electron chi connectivity index (χ2n) is 0.875. The first-order valence-corrected chi connectivity index (χ1v) is 2.69. The van der Waals surface area contributed by atoms with Gasteiger partial charge in [0.1, 0.15) is 0 Å². The fourth-order valence-electron chi connectivity index (χ4n) is 0.193. The first kappa shape index (κ1) is 4.95. The van der Waals surface area contributed by atoms with Gasteiger partial charge in [-0.15, -0.1) is 0 Å². The minimum absolute atomic E-state index is 2.08. The SMILES string of the molecule is O=S1(=O)OC(F)O1. The molecule has 0 unspecified atom stereocenters. The Morgan fingerprint density at radius 1 is 1.43 bits per heavy atom. The molecule has 0 amide bonds. The molecule has 7 heavy (non-hydrogen) atoms. The molecule has 0 aromatic heterocycles. The highest BCUT2D eigenvalue weighted by molar-refractivity contribution is 7.82. The second-order valence-corrected chi connectivity index (χ2v) is 2.08. The Labute approximate surface area is 39.2 Å². The monoisotopic (exact) mass is 128 g/mol. The summed E-state index contributed by atoms with van der Waals surface area (Å²) in [5.41, 5.74) is 0. The van der Waals surface area contributed by atoms with E-state index >= 15 is 0 Å². The molecule has 0 aromatic carbocycles. The molecule has 1 saturated heterocycles. The summed E-state index contributed by atoms with van der Waals surface area (Å²) in [5.74, 6) is 0. The Morgan fingerprint density at radius 2 is 1.86 bits per heavy atom. The van der Waals surface area contributed by atoms with E-state index < -0.39 is 16.9 Å². The van der Waals surface area contributed by atoms with Crippen molar-refractivity contribution in [3.63, 3.8) is 0 Å². The molecular formula is CHFO4S. The van der Waals surface area contributed by atoms with Gasteiger partial charge >= 0.3 is 16.9 Å². The summed E-state index contributed by atoms with van der Waals surface area (Å²) in [6, 6.07) is 0. The Balaban J connectivity index is 2.61. The van der Waals surface area contributed by atoms with E-state index in [9.17, 15) is 12.8 Å². The molecule has 1 fully saturated rings.